The normalized spacial score (nSPS) is 16.2. The maximum absolute atomic E-state index is 5.96. The summed E-state index contributed by atoms with van der Waals surface area (Å²) in [6, 6.07) is 10.1. The summed E-state index contributed by atoms with van der Waals surface area (Å²) in [6.45, 7) is 5.32. The van der Waals surface area contributed by atoms with Gasteiger partial charge < -0.3 is 5.32 Å². The molecule has 1 aliphatic heterocycles. The van der Waals surface area contributed by atoms with E-state index < -0.39 is 0 Å². The van der Waals surface area contributed by atoms with Gasteiger partial charge in [-0.1, -0.05) is 23.7 Å². The minimum atomic E-state index is 0.765. The Morgan fingerprint density at radius 2 is 1.85 bits per heavy atom. The van der Waals surface area contributed by atoms with Crippen LogP contribution in [0.15, 0.2) is 42.7 Å². The summed E-state index contributed by atoms with van der Waals surface area (Å²) in [6.07, 6.45) is 3.82. The lowest BCUT2D eigenvalue weighted by Crippen LogP contribution is -2.42. The van der Waals surface area contributed by atoms with Gasteiger partial charge in [-0.2, -0.15) is 0 Å². The van der Waals surface area contributed by atoms with Crippen molar-refractivity contribution < 1.29 is 0 Å². The number of halogens is 1. The molecule has 104 valence electrons. The largest absolute Gasteiger partial charge is 0.314 e. The van der Waals surface area contributed by atoms with Crippen molar-refractivity contribution in [3.8, 4) is 11.1 Å². The van der Waals surface area contributed by atoms with Gasteiger partial charge in [0, 0.05) is 55.7 Å². The molecule has 0 bridgehead atoms. The minimum Gasteiger partial charge on any atom is -0.314 e. The number of aromatic nitrogens is 1. The van der Waals surface area contributed by atoms with Crippen molar-refractivity contribution in [2.75, 3.05) is 26.2 Å². The second-order valence-electron chi connectivity index (χ2n) is 5.07. The molecule has 1 N–H and O–H groups in total. The van der Waals surface area contributed by atoms with E-state index in [9.17, 15) is 0 Å². The molecular weight excluding hydrogens is 270 g/mol. The maximum Gasteiger partial charge on any atom is 0.0406 e. The van der Waals surface area contributed by atoms with Crippen LogP contribution in [0, 0.1) is 0 Å². The van der Waals surface area contributed by atoms with Gasteiger partial charge in [-0.25, -0.2) is 0 Å². The summed E-state index contributed by atoms with van der Waals surface area (Å²) in [7, 11) is 0. The molecule has 0 unspecified atom stereocenters. The third-order valence-corrected chi connectivity index (χ3v) is 3.92. The average molecular weight is 288 g/mol. The molecule has 0 aliphatic carbocycles. The van der Waals surface area contributed by atoms with Gasteiger partial charge in [0.15, 0.2) is 0 Å². The van der Waals surface area contributed by atoms with Crippen molar-refractivity contribution in [3.05, 3.63) is 53.3 Å². The van der Waals surface area contributed by atoms with Gasteiger partial charge in [0.1, 0.15) is 0 Å². The molecular formula is C16H18ClN3. The van der Waals surface area contributed by atoms with Gasteiger partial charge in [0.05, 0.1) is 0 Å². The van der Waals surface area contributed by atoms with Gasteiger partial charge in [-0.3, -0.25) is 9.88 Å². The molecule has 20 heavy (non-hydrogen) atoms. The Bertz CT molecular complexity index is 562. The first-order chi connectivity index (χ1) is 9.83. The number of piperazine rings is 1. The molecule has 4 heteroatoms. The molecule has 1 aromatic carbocycles. The highest BCUT2D eigenvalue weighted by atomic mass is 35.5. The smallest absolute Gasteiger partial charge is 0.0406 e. The highest BCUT2D eigenvalue weighted by Crippen LogP contribution is 2.25. The fourth-order valence-electron chi connectivity index (χ4n) is 2.56. The molecule has 3 nitrogen and oxygen atoms in total. The summed E-state index contributed by atoms with van der Waals surface area (Å²) in [5.74, 6) is 0. The third-order valence-electron chi connectivity index (χ3n) is 3.67. The lowest BCUT2D eigenvalue weighted by molar-refractivity contribution is 0.233. The van der Waals surface area contributed by atoms with Gasteiger partial charge in [-0.05, 0) is 29.3 Å². The van der Waals surface area contributed by atoms with E-state index in [4.69, 9.17) is 11.6 Å². The van der Waals surface area contributed by atoms with Crippen molar-refractivity contribution in [3.63, 3.8) is 0 Å². The van der Waals surface area contributed by atoms with Gasteiger partial charge >= 0.3 is 0 Å². The summed E-state index contributed by atoms with van der Waals surface area (Å²) in [4.78, 5) is 6.75. The Hall–Kier alpha value is -1.42. The number of rotatable bonds is 3. The molecule has 0 spiro atoms. The van der Waals surface area contributed by atoms with E-state index in [1.165, 1.54) is 16.7 Å². The summed E-state index contributed by atoms with van der Waals surface area (Å²) in [5.41, 5.74) is 3.69. The molecule has 1 aliphatic rings. The third kappa shape index (κ3) is 3.18. The number of hydrogen-bond acceptors (Lipinski definition) is 3. The highest BCUT2D eigenvalue weighted by Gasteiger charge is 2.12. The van der Waals surface area contributed by atoms with Crippen LogP contribution in [-0.2, 0) is 6.54 Å². The van der Waals surface area contributed by atoms with E-state index in [1.807, 2.05) is 24.5 Å². The lowest BCUT2D eigenvalue weighted by Gasteiger charge is -2.27. The van der Waals surface area contributed by atoms with Crippen LogP contribution < -0.4 is 5.32 Å². The fourth-order valence-corrected chi connectivity index (χ4v) is 2.69. The van der Waals surface area contributed by atoms with E-state index in [-0.39, 0.29) is 0 Å². The average Bonchev–Trinajstić information content (AvgIpc) is 2.50. The van der Waals surface area contributed by atoms with Crippen LogP contribution >= 0.6 is 11.6 Å². The molecule has 2 heterocycles. The molecule has 1 aromatic heterocycles. The van der Waals surface area contributed by atoms with Gasteiger partial charge in [0.25, 0.3) is 0 Å². The zero-order chi connectivity index (χ0) is 13.8. The molecule has 2 aromatic rings. The van der Waals surface area contributed by atoms with Crippen molar-refractivity contribution in [2.45, 2.75) is 6.54 Å². The van der Waals surface area contributed by atoms with Crippen LogP contribution in [0.2, 0.25) is 5.02 Å². The monoisotopic (exact) mass is 287 g/mol. The summed E-state index contributed by atoms with van der Waals surface area (Å²) < 4.78 is 0. The first-order valence-electron chi connectivity index (χ1n) is 6.95. The van der Waals surface area contributed by atoms with E-state index in [2.05, 4.69) is 33.4 Å². The summed E-state index contributed by atoms with van der Waals surface area (Å²) >= 11 is 5.96. The molecule has 3 rings (SSSR count). The number of pyridine rings is 1. The number of benzene rings is 1. The van der Waals surface area contributed by atoms with Crippen LogP contribution in [-0.4, -0.2) is 36.1 Å². The Balaban J connectivity index is 1.85. The minimum absolute atomic E-state index is 0.765. The van der Waals surface area contributed by atoms with Crippen molar-refractivity contribution in [1.29, 1.82) is 0 Å². The Morgan fingerprint density at radius 1 is 1.10 bits per heavy atom. The molecule has 0 amide bonds. The fraction of sp³-hybridized carbons (Fsp3) is 0.312. The molecule has 1 fully saturated rings. The maximum atomic E-state index is 5.96. The van der Waals surface area contributed by atoms with Crippen molar-refractivity contribution in [2.24, 2.45) is 0 Å². The van der Waals surface area contributed by atoms with Crippen LogP contribution in [0.3, 0.4) is 0 Å². The SMILES string of the molecule is Clc1ccc(-c2cnccc2CN2CCNCC2)cc1. The molecule has 0 radical (unpaired) electrons. The number of nitrogens with one attached hydrogen (secondary N) is 1. The van der Waals surface area contributed by atoms with Crippen LogP contribution in [0.5, 0.6) is 0 Å². The van der Waals surface area contributed by atoms with Crippen LogP contribution in [0.1, 0.15) is 5.56 Å². The topological polar surface area (TPSA) is 28.2 Å². The standard InChI is InChI=1S/C16H18ClN3/c17-15-3-1-13(2-4-15)16-11-19-6-5-14(16)12-20-9-7-18-8-10-20/h1-6,11,18H,7-10,12H2. The van der Waals surface area contributed by atoms with E-state index in [0.717, 1.165) is 37.7 Å². The van der Waals surface area contributed by atoms with Crippen molar-refractivity contribution in [1.82, 2.24) is 15.2 Å². The van der Waals surface area contributed by atoms with Crippen LogP contribution in [0.4, 0.5) is 0 Å². The van der Waals surface area contributed by atoms with E-state index >= 15 is 0 Å². The number of hydrogen-bond donors (Lipinski definition) is 1. The van der Waals surface area contributed by atoms with E-state index in [0.29, 0.717) is 0 Å². The van der Waals surface area contributed by atoms with Crippen LogP contribution in [0.25, 0.3) is 11.1 Å². The molecule has 1 saturated heterocycles. The Labute approximate surface area is 124 Å². The zero-order valence-corrected chi connectivity index (χ0v) is 12.1. The van der Waals surface area contributed by atoms with Gasteiger partial charge in [-0.15, -0.1) is 0 Å². The zero-order valence-electron chi connectivity index (χ0n) is 11.3. The Kier molecular flexibility index (Phi) is 4.31. The highest BCUT2D eigenvalue weighted by molar-refractivity contribution is 6.30. The molecule has 0 saturated carbocycles. The second-order valence-corrected chi connectivity index (χ2v) is 5.50. The summed E-state index contributed by atoms with van der Waals surface area (Å²) in [5, 5.41) is 4.15. The van der Waals surface area contributed by atoms with E-state index in [1.54, 1.807) is 0 Å². The number of nitrogens with zero attached hydrogens (tertiary/aromatic N) is 2. The van der Waals surface area contributed by atoms with Gasteiger partial charge in [0.2, 0.25) is 0 Å². The Morgan fingerprint density at radius 3 is 2.60 bits per heavy atom. The predicted octanol–water partition coefficient (Wildman–Crippen LogP) is 2.81. The quantitative estimate of drug-likeness (QED) is 0.941. The first-order valence-corrected chi connectivity index (χ1v) is 7.32. The first kappa shape index (κ1) is 13.6. The molecule has 0 atom stereocenters. The van der Waals surface area contributed by atoms with Crippen molar-refractivity contribution >= 4 is 11.6 Å². The lowest BCUT2D eigenvalue weighted by atomic mass is 10.0. The second kappa shape index (κ2) is 6.35. The predicted molar refractivity (Wildman–Crippen MR) is 82.8 cm³/mol.